The van der Waals surface area contributed by atoms with Crippen molar-refractivity contribution >= 4 is 0 Å². The van der Waals surface area contributed by atoms with E-state index in [-0.39, 0.29) is 5.82 Å². The van der Waals surface area contributed by atoms with Gasteiger partial charge >= 0.3 is 0 Å². The summed E-state index contributed by atoms with van der Waals surface area (Å²) in [6.07, 6.45) is 2.71. The van der Waals surface area contributed by atoms with E-state index in [9.17, 15) is 14.8 Å². The fourth-order valence-electron chi connectivity index (χ4n) is 3.22. The van der Waals surface area contributed by atoms with Crippen molar-refractivity contribution in [1.82, 2.24) is 0 Å². The Morgan fingerprint density at radius 1 is 1.58 bits per heavy atom. The van der Waals surface area contributed by atoms with E-state index in [4.69, 9.17) is 0 Å². The third-order valence-electron chi connectivity index (χ3n) is 4.44. The van der Waals surface area contributed by atoms with Gasteiger partial charge in [0.15, 0.2) is 0 Å². The Hall–Kier alpha value is -1.40. The van der Waals surface area contributed by atoms with Crippen molar-refractivity contribution in [3.05, 3.63) is 35.6 Å². The van der Waals surface area contributed by atoms with E-state index in [0.29, 0.717) is 25.2 Å². The molecule has 2 rings (SSSR count). The van der Waals surface area contributed by atoms with Crippen LogP contribution >= 0.6 is 0 Å². The van der Waals surface area contributed by atoms with E-state index in [1.54, 1.807) is 19.1 Å². The number of nitriles is 1. The van der Waals surface area contributed by atoms with Gasteiger partial charge in [0.1, 0.15) is 5.82 Å². The summed E-state index contributed by atoms with van der Waals surface area (Å²) in [5.74, 6) is 0.151. The molecule has 0 spiro atoms. The van der Waals surface area contributed by atoms with Crippen LogP contribution in [0.1, 0.15) is 38.7 Å². The molecule has 1 aromatic rings. The fourth-order valence-corrected chi connectivity index (χ4v) is 3.22. The standard InChI is InChI=1S/C16H20FNO/c1-12-6-7-16(9-12,11-18)15(2,19)10-13-4-3-5-14(17)8-13/h3-5,8,12,19H,6-7,9-10H2,1-2H3. The lowest BCUT2D eigenvalue weighted by Gasteiger charge is -2.37. The average Bonchev–Trinajstić information content (AvgIpc) is 2.72. The normalized spacial score (nSPS) is 29.7. The van der Waals surface area contributed by atoms with E-state index < -0.39 is 11.0 Å². The molecule has 0 saturated heterocycles. The summed E-state index contributed by atoms with van der Waals surface area (Å²) in [4.78, 5) is 0. The number of nitrogens with zero attached hydrogens (tertiary/aromatic N) is 1. The summed E-state index contributed by atoms with van der Waals surface area (Å²) in [5.41, 5.74) is -1.10. The first-order valence-corrected chi connectivity index (χ1v) is 6.77. The molecular weight excluding hydrogens is 241 g/mol. The third-order valence-corrected chi connectivity index (χ3v) is 4.44. The molecule has 2 nitrogen and oxygen atoms in total. The molecule has 1 N–H and O–H groups in total. The maximum absolute atomic E-state index is 13.2. The molecule has 0 heterocycles. The minimum Gasteiger partial charge on any atom is -0.388 e. The Balaban J connectivity index is 2.24. The van der Waals surface area contributed by atoms with Gasteiger partial charge in [-0.3, -0.25) is 0 Å². The molecular formula is C16H20FNO. The second-order valence-electron chi connectivity index (χ2n) is 6.12. The first-order chi connectivity index (χ1) is 8.88. The van der Waals surface area contributed by atoms with Gasteiger partial charge in [0.25, 0.3) is 0 Å². The summed E-state index contributed by atoms with van der Waals surface area (Å²) in [6, 6.07) is 8.58. The minimum absolute atomic E-state index is 0.306. The van der Waals surface area contributed by atoms with Crippen LogP contribution in [0.25, 0.3) is 0 Å². The van der Waals surface area contributed by atoms with Crippen molar-refractivity contribution in [2.75, 3.05) is 0 Å². The highest BCUT2D eigenvalue weighted by Gasteiger charge is 2.51. The zero-order valence-corrected chi connectivity index (χ0v) is 11.5. The third kappa shape index (κ3) is 2.64. The summed E-state index contributed by atoms with van der Waals surface area (Å²) in [6.45, 7) is 3.82. The number of halogens is 1. The van der Waals surface area contributed by atoms with Gasteiger partial charge in [-0.25, -0.2) is 4.39 Å². The maximum Gasteiger partial charge on any atom is 0.123 e. The summed E-state index contributed by atoms with van der Waals surface area (Å²) < 4.78 is 13.2. The zero-order chi connectivity index (χ0) is 14.1. The van der Waals surface area contributed by atoms with E-state index in [1.807, 2.05) is 0 Å². The van der Waals surface area contributed by atoms with Crippen LogP contribution < -0.4 is 0 Å². The van der Waals surface area contributed by atoms with Crippen LogP contribution in [-0.4, -0.2) is 10.7 Å². The Kier molecular flexibility index (Phi) is 3.64. The number of benzene rings is 1. The lowest BCUT2D eigenvalue weighted by molar-refractivity contribution is -0.0375. The summed E-state index contributed by atoms with van der Waals surface area (Å²) in [7, 11) is 0. The van der Waals surface area contributed by atoms with E-state index in [1.165, 1.54) is 12.1 Å². The minimum atomic E-state index is -1.12. The maximum atomic E-state index is 13.2. The molecule has 0 radical (unpaired) electrons. The lowest BCUT2D eigenvalue weighted by atomic mass is 9.69. The summed E-state index contributed by atoms with van der Waals surface area (Å²) in [5, 5.41) is 20.3. The highest BCUT2D eigenvalue weighted by atomic mass is 19.1. The molecule has 0 aromatic heterocycles. The zero-order valence-electron chi connectivity index (χ0n) is 11.5. The van der Waals surface area contributed by atoms with Gasteiger partial charge in [0.2, 0.25) is 0 Å². The number of aliphatic hydroxyl groups is 1. The van der Waals surface area contributed by atoms with Crippen molar-refractivity contribution in [2.24, 2.45) is 11.3 Å². The number of hydrogen-bond donors (Lipinski definition) is 1. The molecule has 19 heavy (non-hydrogen) atoms. The molecule has 1 aromatic carbocycles. The quantitative estimate of drug-likeness (QED) is 0.905. The van der Waals surface area contributed by atoms with Crippen LogP contribution in [0.15, 0.2) is 24.3 Å². The van der Waals surface area contributed by atoms with Gasteiger partial charge in [-0.05, 0) is 49.8 Å². The van der Waals surface area contributed by atoms with Gasteiger partial charge in [-0.15, -0.1) is 0 Å². The Morgan fingerprint density at radius 2 is 2.32 bits per heavy atom. The molecule has 1 saturated carbocycles. The second-order valence-corrected chi connectivity index (χ2v) is 6.12. The molecule has 0 amide bonds. The van der Waals surface area contributed by atoms with Crippen LogP contribution in [0.3, 0.4) is 0 Å². The predicted molar refractivity (Wildman–Crippen MR) is 71.8 cm³/mol. The van der Waals surface area contributed by atoms with Crippen molar-refractivity contribution in [3.63, 3.8) is 0 Å². The van der Waals surface area contributed by atoms with E-state index in [0.717, 1.165) is 12.0 Å². The van der Waals surface area contributed by atoms with Crippen molar-refractivity contribution in [2.45, 2.75) is 45.1 Å². The summed E-state index contributed by atoms with van der Waals surface area (Å²) >= 11 is 0. The molecule has 0 bridgehead atoms. The van der Waals surface area contributed by atoms with Gasteiger partial charge in [0, 0.05) is 6.42 Å². The first-order valence-electron chi connectivity index (χ1n) is 6.77. The highest BCUT2D eigenvalue weighted by molar-refractivity contribution is 5.22. The smallest absolute Gasteiger partial charge is 0.123 e. The second kappa shape index (κ2) is 4.94. The predicted octanol–water partition coefficient (Wildman–Crippen LogP) is 3.45. The monoisotopic (exact) mass is 261 g/mol. The Labute approximate surface area is 113 Å². The SMILES string of the molecule is CC1CCC(C#N)(C(C)(O)Cc2cccc(F)c2)C1. The Morgan fingerprint density at radius 3 is 2.84 bits per heavy atom. The number of rotatable bonds is 3. The number of hydrogen-bond acceptors (Lipinski definition) is 2. The van der Waals surface area contributed by atoms with Gasteiger partial charge in [0.05, 0.1) is 17.1 Å². The lowest BCUT2D eigenvalue weighted by Crippen LogP contribution is -2.45. The molecule has 102 valence electrons. The first kappa shape index (κ1) is 14.0. The molecule has 1 aliphatic carbocycles. The Bertz CT molecular complexity index is 506. The topological polar surface area (TPSA) is 44.0 Å². The van der Waals surface area contributed by atoms with Gasteiger partial charge < -0.3 is 5.11 Å². The van der Waals surface area contributed by atoms with Gasteiger partial charge in [-0.1, -0.05) is 19.1 Å². The largest absolute Gasteiger partial charge is 0.388 e. The van der Waals surface area contributed by atoms with Crippen LogP contribution in [0, 0.1) is 28.5 Å². The molecule has 1 fully saturated rings. The highest BCUT2D eigenvalue weighted by Crippen LogP contribution is 2.49. The molecule has 3 atom stereocenters. The molecule has 0 aliphatic heterocycles. The molecule has 1 aliphatic rings. The molecule has 3 heteroatoms. The average molecular weight is 261 g/mol. The van der Waals surface area contributed by atoms with Crippen molar-refractivity contribution in [1.29, 1.82) is 5.26 Å². The van der Waals surface area contributed by atoms with E-state index in [2.05, 4.69) is 13.0 Å². The van der Waals surface area contributed by atoms with Crippen LogP contribution in [0.4, 0.5) is 4.39 Å². The van der Waals surface area contributed by atoms with Crippen LogP contribution in [-0.2, 0) is 6.42 Å². The van der Waals surface area contributed by atoms with Crippen molar-refractivity contribution < 1.29 is 9.50 Å². The van der Waals surface area contributed by atoms with Crippen LogP contribution in [0.5, 0.6) is 0 Å². The van der Waals surface area contributed by atoms with Gasteiger partial charge in [-0.2, -0.15) is 5.26 Å². The van der Waals surface area contributed by atoms with E-state index >= 15 is 0 Å². The fraction of sp³-hybridized carbons (Fsp3) is 0.562. The molecule has 3 unspecified atom stereocenters. The van der Waals surface area contributed by atoms with Crippen LogP contribution in [0.2, 0.25) is 0 Å². The van der Waals surface area contributed by atoms with Crippen molar-refractivity contribution in [3.8, 4) is 6.07 Å².